The van der Waals surface area contributed by atoms with Gasteiger partial charge in [-0.1, -0.05) is 20.3 Å². The van der Waals surface area contributed by atoms with Gasteiger partial charge in [-0.2, -0.15) is 0 Å². The molecule has 0 aliphatic carbocycles. The van der Waals surface area contributed by atoms with Gasteiger partial charge >= 0.3 is 5.97 Å². The number of rotatable bonds is 6. The van der Waals surface area contributed by atoms with Crippen molar-refractivity contribution in [2.24, 2.45) is 5.92 Å². The van der Waals surface area contributed by atoms with Crippen LogP contribution >= 0.6 is 0 Å². The van der Waals surface area contributed by atoms with Crippen LogP contribution in [-0.4, -0.2) is 46.3 Å². The lowest BCUT2D eigenvalue weighted by molar-refractivity contribution is -0.140. The van der Waals surface area contributed by atoms with Gasteiger partial charge < -0.3 is 15.3 Å². The first-order valence-corrected chi connectivity index (χ1v) is 7.65. The largest absolute Gasteiger partial charge is 0.480 e. The second-order valence-electron chi connectivity index (χ2n) is 5.65. The van der Waals surface area contributed by atoms with E-state index < -0.39 is 17.9 Å². The van der Waals surface area contributed by atoms with E-state index in [0.717, 1.165) is 31.7 Å². The van der Waals surface area contributed by atoms with E-state index in [2.05, 4.69) is 20.4 Å². The second kappa shape index (κ2) is 7.20. The Labute approximate surface area is 129 Å². The molecule has 7 heteroatoms. The van der Waals surface area contributed by atoms with E-state index in [0.29, 0.717) is 6.42 Å². The maximum absolute atomic E-state index is 12.1. The highest BCUT2D eigenvalue weighted by molar-refractivity contribution is 5.95. The lowest BCUT2D eigenvalue weighted by Gasteiger charge is -2.20. The molecule has 1 aromatic heterocycles. The van der Waals surface area contributed by atoms with Gasteiger partial charge in [0.2, 0.25) is 0 Å². The van der Waals surface area contributed by atoms with E-state index in [9.17, 15) is 14.7 Å². The molecular weight excluding hydrogens is 284 g/mol. The normalized spacial score (nSPS) is 17.1. The van der Waals surface area contributed by atoms with Crippen LogP contribution < -0.4 is 10.2 Å². The smallest absolute Gasteiger partial charge is 0.326 e. The molecule has 2 heterocycles. The number of nitrogens with one attached hydrogen (secondary N) is 1. The maximum Gasteiger partial charge on any atom is 0.326 e. The van der Waals surface area contributed by atoms with Crippen LogP contribution in [0.2, 0.25) is 0 Å². The van der Waals surface area contributed by atoms with Crippen molar-refractivity contribution in [1.82, 2.24) is 15.5 Å². The summed E-state index contributed by atoms with van der Waals surface area (Å²) in [6.07, 6.45) is 2.94. The molecule has 1 aromatic rings. The molecule has 0 saturated carbocycles. The number of carboxylic acid groups (broad SMARTS) is 1. The molecule has 1 fully saturated rings. The first kappa shape index (κ1) is 16.2. The van der Waals surface area contributed by atoms with Crippen LogP contribution in [0.15, 0.2) is 12.1 Å². The van der Waals surface area contributed by atoms with Gasteiger partial charge in [-0.3, -0.25) is 4.79 Å². The average molecular weight is 306 g/mol. The molecule has 7 nitrogen and oxygen atoms in total. The average Bonchev–Trinajstić information content (AvgIpc) is 3.06. The van der Waals surface area contributed by atoms with Gasteiger partial charge in [0.15, 0.2) is 11.5 Å². The number of hydrogen-bond donors (Lipinski definition) is 2. The zero-order chi connectivity index (χ0) is 16.1. The van der Waals surface area contributed by atoms with Gasteiger partial charge in [-0.25, -0.2) is 4.79 Å². The third-order valence-corrected chi connectivity index (χ3v) is 4.08. The number of carboxylic acids is 1. The molecule has 1 aliphatic rings. The standard InChI is InChI=1S/C15H22N4O3/c1-3-10(2)13(15(21)22)16-14(20)11-6-7-12(18-17-11)19-8-4-5-9-19/h6-7,10,13H,3-5,8-9H2,1-2H3,(H,16,20)(H,21,22)/t10-,13-/m0/s1. The van der Waals surface area contributed by atoms with E-state index in [1.165, 1.54) is 0 Å². The van der Waals surface area contributed by atoms with Crippen LogP contribution in [0.3, 0.4) is 0 Å². The van der Waals surface area contributed by atoms with E-state index in [-0.39, 0.29) is 11.6 Å². The summed E-state index contributed by atoms with van der Waals surface area (Å²) in [5, 5.41) is 19.7. The summed E-state index contributed by atoms with van der Waals surface area (Å²) in [6.45, 7) is 5.59. The molecule has 0 spiro atoms. The van der Waals surface area contributed by atoms with Crippen molar-refractivity contribution in [3.05, 3.63) is 17.8 Å². The molecule has 120 valence electrons. The number of amides is 1. The summed E-state index contributed by atoms with van der Waals surface area (Å²) >= 11 is 0. The Morgan fingerprint density at radius 1 is 1.32 bits per heavy atom. The Kier molecular flexibility index (Phi) is 5.30. The van der Waals surface area contributed by atoms with Gasteiger partial charge in [-0.15, -0.1) is 10.2 Å². The molecule has 22 heavy (non-hydrogen) atoms. The summed E-state index contributed by atoms with van der Waals surface area (Å²) in [7, 11) is 0. The number of anilines is 1. The van der Waals surface area contributed by atoms with Crippen LogP contribution in [0.25, 0.3) is 0 Å². The molecule has 1 amide bonds. The minimum absolute atomic E-state index is 0.137. The molecule has 0 aromatic carbocycles. The Morgan fingerprint density at radius 2 is 2.00 bits per heavy atom. The zero-order valence-corrected chi connectivity index (χ0v) is 13.0. The number of carbonyl (C=O) groups excluding carboxylic acids is 1. The van der Waals surface area contributed by atoms with Gasteiger partial charge in [0.05, 0.1) is 0 Å². The molecule has 1 aliphatic heterocycles. The van der Waals surface area contributed by atoms with Crippen molar-refractivity contribution in [2.45, 2.75) is 39.2 Å². The fourth-order valence-corrected chi connectivity index (χ4v) is 2.46. The molecule has 2 N–H and O–H groups in total. The quantitative estimate of drug-likeness (QED) is 0.822. The van der Waals surface area contributed by atoms with Crippen LogP contribution in [0.1, 0.15) is 43.6 Å². The topological polar surface area (TPSA) is 95.4 Å². The molecule has 0 unspecified atom stereocenters. The SMILES string of the molecule is CC[C@H](C)[C@H](NC(=O)c1ccc(N2CCCC2)nn1)C(=O)O. The molecule has 0 radical (unpaired) electrons. The zero-order valence-electron chi connectivity index (χ0n) is 13.0. The molecular formula is C15H22N4O3. The van der Waals surface area contributed by atoms with Crippen LogP contribution in [0.4, 0.5) is 5.82 Å². The second-order valence-corrected chi connectivity index (χ2v) is 5.65. The lowest BCUT2D eigenvalue weighted by Crippen LogP contribution is -2.45. The third kappa shape index (κ3) is 3.72. The summed E-state index contributed by atoms with van der Waals surface area (Å²) in [5.74, 6) is -0.943. The molecule has 1 saturated heterocycles. The Balaban J connectivity index is 2.03. The van der Waals surface area contributed by atoms with E-state index >= 15 is 0 Å². The van der Waals surface area contributed by atoms with Crippen molar-refractivity contribution >= 4 is 17.7 Å². The van der Waals surface area contributed by atoms with Crippen molar-refractivity contribution in [1.29, 1.82) is 0 Å². The van der Waals surface area contributed by atoms with Gasteiger partial charge in [0, 0.05) is 13.1 Å². The van der Waals surface area contributed by atoms with Gasteiger partial charge in [-0.05, 0) is 30.9 Å². The lowest BCUT2D eigenvalue weighted by atomic mass is 9.99. The summed E-state index contributed by atoms with van der Waals surface area (Å²) in [4.78, 5) is 25.5. The number of nitrogens with zero attached hydrogens (tertiary/aromatic N) is 3. The minimum atomic E-state index is -1.04. The van der Waals surface area contributed by atoms with Crippen molar-refractivity contribution in [3.63, 3.8) is 0 Å². The summed E-state index contributed by atoms with van der Waals surface area (Å²) in [6, 6.07) is 2.43. The van der Waals surface area contributed by atoms with Crippen molar-refractivity contribution < 1.29 is 14.7 Å². The predicted octanol–water partition coefficient (Wildman–Crippen LogP) is 1.31. The third-order valence-electron chi connectivity index (χ3n) is 4.08. The summed E-state index contributed by atoms with van der Waals surface area (Å²) in [5.41, 5.74) is 0.137. The van der Waals surface area contributed by atoms with Crippen LogP contribution in [0.5, 0.6) is 0 Å². The highest BCUT2D eigenvalue weighted by Gasteiger charge is 2.26. The number of carbonyl (C=O) groups is 2. The van der Waals surface area contributed by atoms with Crippen molar-refractivity contribution in [3.8, 4) is 0 Å². The Morgan fingerprint density at radius 3 is 2.50 bits per heavy atom. The minimum Gasteiger partial charge on any atom is -0.480 e. The highest BCUT2D eigenvalue weighted by Crippen LogP contribution is 2.16. The first-order valence-electron chi connectivity index (χ1n) is 7.65. The molecule has 2 rings (SSSR count). The Bertz CT molecular complexity index is 526. The Hall–Kier alpha value is -2.18. The van der Waals surface area contributed by atoms with E-state index in [1.54, 1.807) is 19.1 Å². The number of aliphatic carboxylic acids is 1. The highest BCUT2D eigenvalue weighted by atomic mass is 16.4. The molecule has 0 bridgehead atoms. The van der Waals surface area contributed by atoms with Gasteiger partial charge in [0.1, 0.15) is 6.04 Å². The van der Waals surface area contributed by atoms with E-state index in [1.807, 2.05) is 6.92 Å². The van der Waals surface area contributed by atoms with Crippen molar-refractivity contribution in [2.75, 3.05) is 18.0 Å². The van der Waals surface area contributed by atoms with Gasteiger partial charge in [0.25, 0.3) is 5.91 Å². The number of aromatic nitrogens is 2. The fraction of sp³-hybridized carbons (Fsp3) is 0.600. The summed E-state index contributed by atoms with van der Waals surface area (Å²) < 4.78 is 0. The van der Waals surface area contributed by atoms with Crippen LogP contribution in [-0.2, 0) is 4.79 Å². The fourth-order valence-electron chi connectivity index (χ4n) is 2.46. The number of hydrogen-bond acceptors (Lipinski definition) is 5. The first-order chi connectivity index (χ1) is 10.5. The monoisotopic (exact) mass is 306 g/mol. The maximum atomic E-state index is 12.1. The van der Waals surface area contributed by atoms with Crippen LogP contribution in [0, 0.1) is 5.92 Å². The van der Waals surface area contributed by atoms with E-state index in [4.69, 9.17) is 0 Å². The predicted molar refractivity (Wildman–Crippen MR) is 81.8 cm³/mol. The molecule has 2 atom stereocenters.